The lowest BCUT2D eigenvalue weighted by Gasteiger charge is -2.20. The van der Waals surface area contributed by atoms with Crippen LogP contribution in [0.4, 0.5) is 8.78 Å². The van der Waals surface area contributed by atoms with Crippen LogP contribution in [0.2, 0.25) is 0 Å². The van der Waals surface area contributed by atoms with Crippen LogP contribution in [-0.2, 0) is 6.42 Å². The van der Waals surface area contributed by atoms with Crippen molar-refractivity contribution in [3.8, 4) is 0 Å². The lowest BCUT2D eigenvalue weighted by atomic mass is 9.97. The highest BCUT2D eigenvalue weighted by atomic mass is 79.9. The van der Waals surface area contributed by atoms with Crippen LogP contribution < -0.4 is 5.32 Å². The number of nitrogens with one attached hydrogen (secondary N) is 1. The number of benzene rings is 2. The van der Waals surface area contributed by atoms with Crippen molar-refractivity contribution in [3.63, 3.8) is 0 Å². The van der Waals surface area contributed by atoms with Gasteiger partial charge in [-0.15, -0.1) is 0 Å². The molecule has 0 fully saturated rings. The molecular formula is C17H18BrF2N. The molecule has 0 saturated heterocycles. The van der Waals surface area contributed by atoms with Gasteiger partial charge in [0.25, 0.3) is 0 Å². The van der Waals surface area contributed by atoms with E-state index in [0.29, 0.717) is 12.0 Å². The van der Waals surface area contributed by atoms with Crippen LogP contribution in [0, 0.1) is 18.6 Å². The third-order valence-electron chi connectivity index (χ3n) is 3.48. The van der Waals surface area contributed by atoms with Gasteiger partial charge in [-0.05, 0) is 60.8 Å². The minimum Gasteiger partial charge on any atom is -0.310 e. The zero-order valence-electron chi connectivity index (χ0n) is 12.1. The van der Waals surface area contributed by atoms with E-state index in [1.807, 2.05) is 13.0 Å². The zero-order valence-corrected chi connectivity index (χ0v) is 13.7. The Hall–Kier alpha value is -1.26. The fourth-order valence-corrected chi connectivity index (χ4v) is 2.71. The summed E-state index contributed by atoms with van der Waals surface area (Å²) < 4.78 is 28.0. The predicted molar refractivity (Wildman–Crippen MR) is 85.4 cm³/mol. The van der Waals surface area contributed by atoms with E-state index in [-0.39, 0.29) is 17.7 Å². The molecular weight excluding hydrogens is 336 g/mol. The van der Waals surface area contributed by atoms with E-state index in [0.717, 1.165) is 22.1 Å². The van der Waals surface area contributed by atoms with Gasteiger partial charge in [0.1, 0.15) is 11.6 Å². The van der Waals surface area contributed by atoms with Gasteiger partial charge < -0.3 is 5.32 Å². The van der Waals surface area contributed by atoms with Crippen molar-refractivity contribution < 1.29 is 8.78 Å². The van der Waals surface area contributed by atoms with E-state index in [9.17, 15) is 8.78 Å². The maximum Gasteiger partial charge on any atom is 0.126 e. The highest BCUT2D eigenvalue weighted by Crippen LogP contribution is 2.25. The molecule has 112 valence electrons. The van der Waals surface area contributed by atoms with Crippen LogP contribution in [0.25, 0.3) is 0 Å². The number of halogens is 3. The molecule has 0 heterocycles. The average Bonchev–Trinajstić information content (AvgIpc) is 2.45. The molecule has 1 atom stereocenters. The second-order valence-corrected chi connectivity index (χ2v) is 5.91. The van der Waals surface area contributed by atoms with E-state index in [2.05, 4.69) is 21.2 Å². The first-order valence-electron chi connectivity index (χ1n) is 6.94. The van der Waals surface area contributed by atoms with Crippen molar-refractivity contribution in [1.82, 2.24) is 5.32 Å². The zero-order chi connectivity index (χ0) is 15.4. The minimum atomic E-state index is -0.265. The molecule has 4 heteroatoms. The summed E-state index contributed by atoms with van der Waals surface area (Å²) in [4.78, 5) is 0. The largest absolute Gasteiger partial charge is 0.310 e. The molecule has 21 heavy (non-hydrogen) atoms. The minimum absolute atomic E-state index is 0.0526. The molecule has 0 spiro atoms. The van der Waals surface area contributed by atoms with Crippen LogP contribution in [0.5, 0.6) is 0 Å². The smallest absolute Gasteiger partial charge is 0.126 e. The van der Waals surface area contributed by atoms with Crippen LogP contribution >= 0.6 is 15.9 Å². The lowest BCUT2D eigenvalue weighted by molar-refractivity contribution is 0.538. The van der Waals surface area contributed by atoms with E-state index < -0.39 is 0 Å². The summed E-state index contributed by atoms with van der Waals surface area (Å²) in [6.45, 7) is 4.50. The Morgan fingerprint density at radius 1 is 1.14 bits per heavy atom. The van der Waals surface area contributed by atoms with Crippen molar-refractivity contribution in [2.45, 2.75) is 26.3 Å². The van der Waals surface area contributed by atoms with E-state index >= 15 is 0 Å². The summed E-state index contributed by atoms with van der Waals surface area (Å²) in [7, 11) is 0. The highest BCUT2D eigenvalue weighted by molar-refractivity contribution is 9.10. The van der Waals surface area contributed by atoms with Crippen LogP contribution in [0.1, 0.15) is 29.7 Å². The molecule has 0 aliphatic carbocycles. The summed E-state index contributed by atoms with van der Waals surface area (Å²) in [5, 5.41) is 3.33. The second kappa shape index (κ2) is 7.14. The second-order valence-electron chi connectivity index (χ2n) is 5.06. The van der Waals surface area contributed by atoms with Crippen molar-refractivity contribution >= 4 is 15.9 Å². The first-order chi connectivity index (χ1) is 10.0. The number of likely N-dealkylation sites (N-methyl/N-ethyl adjacent to an activating group) is 1. The standard InChI is InChI=1S/C17H18BrF2N/c1-3-21-17(12-5-4-11(2)16(20)9-12)10-13-8-14(19)6-7-15(13)18/h4-9,17,21H,3,10H2,1-2H3. The molecule has 0 aliphatic rings. The Labute approximate surface area is 132 Å². The fourth-order valence-electron chi connectivity index (χ4n) is 2.30. The predicted octanol–water partition coefficient (Wildman–Crippen LogP) is 4.93. The van der Waals surface area contributed by atoms with Gasteiger partial charge in [0.2, 0.25) is 0 Å². The molecule has 0 aromatic heterocycles. The van der Waals surface area contributed by atoms with Crippen molar-refractivity contribution in [2.75, 3.05) is 6.54 Å². The van der Waals surface area contributed by atoms with Gasteiger partial charge in [0.05, 0.1) is 0 Å². The van der Waals surface area contributed by atoms with Crippen molar-refractivity contribution in [2.24, 2.45) is 0 Å². The fraction of sp³-hybridized carbons (Fsp3) is 0.294. The van der Waals surface area contributed by atoms with Gasteiger partial charge >= 0.3 is 0 Å². The number of aryl methyl sites for hydroxylation is 1. The van der Waals surface area contributed by atoms with Gasteiger partial charge in [0.15, 0.2) is 0 Å². The van der Waals surface area contributed by atoms with E-state index in [1.54, 1.807) is 25.1 Å². The Bertz CT molecular complexity index is 628. The highest BCUT2D eigenvalue weighted by Gasteiger charge is 2.15. The summed E-state index contributed by atoms with van der Waals surface area (Å²) in [5.74, 6) is -0.479. The Morgan fingerprint density at radius 2 is 1.90 bits per heavy atom. The van der Waals surface area contributed by atoms with E-state index in [1.165, 1.54) is 12.1 Å². The summed E-state index contributed by atoms with van der Waals surface area (Å²) in [6, 6.07) is 9.82. The molecule has 2 aromatic carbocycles. The third-order valence-corrected chi connectivity index (χ3v) is 4.25. The summed E-state index contributed by atoms with van der Waals surface area (Å²) in [6.07, 6.45) is 0.592. The van der Waals surface area contributed by atoms with Gasteiger partial charge in [-0.3, -0.25) is 0 Å². The topological polar surface area (TPSA) is 12.0 Å². The van der Waals surface area contributed by atoms with Gasteiger partial charge in [-0.2, -0.15) is 0 Å². The molecule has 1 nitrogen and oxygen atoms in total. The molecule has 0 radical (unpaired) electrons. The molecule has 0 aliphatic heterocycles. The number of hydrogen-bond acceptors (Lipinski definition) is 1. The van der Waals surface area contributed by atoms with Gasteiger partial charge in [-0.1, -0.05) is 35.0 Å². The van der Waals surface area contributed by atoms with Crippen LogP contribution in [0.15, 0.2) is 40.9 Å². The maximum absolute atomic E-state index is 13.8. The Balaban J connectivity index is 2.30. The molecule has 0 bridgehead atoms. The lowest BCUT2D eigenvalue weighted by Crippen LogP contribution is -2.23. The van der Waals surface area contributed by atoms with Gasteiger partial charge in [-0.25, -0.2) is 8.78 Å². The van der Waals surface area contributed by atoms with Crippen LogP contribution in [-0.4, -0.2) is 6.54 Å². The van der Waals surface area contributed by atoms with Crippen molar-refractivity contribution in [3.05, 3.63) is 69.2 Å². The summed E-state index contributed by atoms with van der Waals surface area (Å²) >= 11 is 3.44. The van der Waals surface area contributed by atoms with Gasteiger partial charge in [0, 0.05) is 10.5 Å². The molecule has 2 aromatic rings. The molecule has 0 saturated carbocycles. The number of hydrogen-bond donors (Lipinski definition) is 1. The quantitative estimate of drug-likeness (QED) is 0.803. The Morgan fingerprint density at radius 3 is 2.57 bits per heavy atom. The molecule has 2 rings (SSSR count). The Kier molecular flexibility index (Phi) is 5.48. The molecule has 1 N–H and O–H groups in total. The first kappa shape index (κ1) is 16.1. The normalized spacial score (nSPS) is 12.4. The third kappa shape index (κ3) is 4.11. The molecule has 0 amide bonds. The maximum atomic E-state index is 13.8. The SMILES string of the molecule is CCNC(Cc1cc(F)ccc1Br)c1ccc(C)c(F)c1. The first-order valence-corrected chi connectivity index (χ1v) is 7.74. The monoisotopic (exact) mass is 353 g/mol. The average molecular weight is 354 g/mol. The van der Waals surface area contributed by atoms with E-state index in [4.69, 9.17) is 0 Å². The summed E-state index contributed by atoms with van der Waals surface area (Å²) in [5.41, 5.74) is 2.36. The van der Waals surface area contributed by atoms with Crippen molar-refractivity contribution in [1.29, 1.82) is 0 Å². The molecule has 1 unspecified atom stereocenters. The van der Waals surface area contributed by atoms with Crippen LogP contribution in [0.3, 0.4) is 0 Å². The number of rotatable bonds is 5.